The first-order valence-corrected chi connectivity index (χ1v) is 12.0. The average molecular weight is 498 g/mol. The van der Waals surface area contributed by atoms with Gasteiger partial charge in [0.25, 0.3) is 5.91 Å². The molecule has 0 fully saturated rings. The zero-order valence-electron chi connectivity index (χ0n) is 20.0. The first-order chi connectivity index (χ1) is 16.9. The van der Waals surface area contributed by atoms with Gasteiger partial charge in [0, 0.05) is 44.6 Å². The van der Waals surface area contributed by atoms with Crippen molar-refractivity contribution in [1.82, 2.24) is 20.2 Å². The summed E-state index contributed by atoms with van der Waals surface area (Å²) in [5, 5.41) is 8.79. The summed E-state index contributed by atoms with van der Waals surface area (Å²) in [6.07, 6.45) is 1.43. The minimum atomic E-state index is -0.596. The molecule has 1 amide bonds. The molecule has 4 rings (SSSR count). The topological polar surface area (TPSA) is 85.4 Å². The van der Waals surface area contributed by atoms with Gasteiger partial charge in [-0.15, -0.1) is 0 Å². The van der Waals surface area contributed by atoms with Crippen LogP contribution < -0.4 is 20.9 Å². The van der Waals surface area contributed by atoms with E-state index in [0.717, 1.165) is 38.4 Å². The van der Waals surface area contributed by atoms with Crippen LogP contribution in [0.25, 0.3) is 0 Å². The number of likely N-dealkylation sites (N-methyl/N-ethyl adjacent to an activating group) is 2. The molecule has 0 aliphatic carbocycles. The monoisotopic (exact) mass is 497 g/mol. The summed E-state index contributed by atoms with van der Waals surface area (Å²) < 4.78 is 14.6. The van der Waals surface area contributed by atoms with Crippen LogP contribution in [-0.4, -0.2) is 54.0 Å². The van der Waals surface area contributed by atoms with Crippen molar-refractivity contribution in [2.24, 2.45) is 0 Å². The first-order valence-electron chi connectivity index (χ1n) is 11.6. The average Bonchev–Trinajstić information content (AvgIpc) is 3.05. The number of nitrogens with one attached hydrogen (secondary N) is 3. The summed E-state index contributed by atoms with van der Waals surface area (Å²) in [7, 11) is 1.48. The van der Waals surface area contributed by atoms with Gasteiger partial charge in [0.05, 0.1) is 17.4 Å². The number of fused-ring (bicyclic) bond motifs is 1. The van der Waals surface area contributed by atoms with Crippen molar-refractivity contribution in [3.63, 3.8) is 0 Å². The number of carbonyl (C=O) groups is 1. The molecular weight excluding hydrogens is 469 g/mol. The van der Waals surface area contributed by atoms with Gasteiger partial charge in [-0.1, -0.05) is 30.7 Å². The summed E-state index contributed by atoms with van der Waals surface area (Å²) in [5.74, 6) is -0.547. The van der Waals surface area contributed by atoms with E-state index < -0.39 is 11.7 Å². The van der Waals surface area contributed by atoms with Crippen molar-refractivity contribution >= 4 is 46.3 Å². The van der Waals surface area contributed by atoms with E-state index in [1.165, 1.54) is 42.7 Å². The summed E-state index contributed by atoms with van der Waals surface area (Å²) in [6.45, 7) is 9.14. The lowest BCUT2D eigenvalue weighted by molar-refractivity contribution is 0.0963. The molecule has 1 aliphatic rings. The molecule has 184 valence electrons. The third kappa shape index (κ3) is 5.47. The minimum Gasteiger partial charge on any atom is -0.370 e. The maximum absolute atomic E-state index is 14.6. The Morgan fingerprint density at radius 2 is 1.97 bits per heavy atom. The molecule has 3 N–H and O–H groups in total. The number of halogens is 2. The highest BCUT2D eigenvalue weighted by molar-refractivity contribution is 6.33. The Hall–Kier alpha value is -3.43. The predicted molar refractivity (Wildman–Crippen MR) is 139 cm³/mol. The maximum atomic E-state index is 14.6. The van der Waals surface area contributed by atoms with E-state index in [9.17, 15) is 9.18 Å². The third-order valence-corrected chi connectivity index (χ3v) is 6.34. The zero-order valence-corrected chi connectivity index (χ0v) is 20.8. The number of benzene rings is 2. The normalized spacial score (nSPS) is 13.7. The van der Waals surface area contributed by atoms with Crippen LogP contribution in [0.15, 0.2) is 42.6 Å². The van der Waals surface area contributed by atoms with Crippen LogP contribution in [0.4, 0.5) is 33.2 Å². The number of hydrogen-bond acceptors (Lipinski definition) is 7. The van der Waals surface area contributed by atoms with Gasteiger partial charge in [-0.2, -0.15) is 4.98 Å². The van der Waals surface area contributed by atoms with Crippen LogP contribution in [0.5, 0.6) is 0 Å². The maximum Gasteiger partial charge on any atom is 0.253 e. The number of anilines is 5. The number of aromatic nitrogens is 2. The largest absolute Gasteiger partial charge is 0.370 e. The predicted octanol–water partition coefficient (Wildman–Crippen LogP) is 4.78. The van der Waals surface area contributed by atoms with E-state index in [1.54, 1.807) is 0 Å². The van der Waals surface area contributed by atoms with E-state index in [1.807, 2.05) is 6.07 Å². The van der Waals surface area contributed by atoms with E-state index in [-0.39, 0.29) is 22.1 Å². The lowest BCUT2D eigenvalue weighted by Crippen LogP contribution is -2.31. The number of nitrogens with zero attached hydrogens (tertiary/aromatic N) is 4. The molecule has 2 aromatic carbocycles. The van der Waals surface area contributed by atoms with E-state index >= 15 is 0 Å². The summed E-state index contributed by atoms with van der Waals surface area (Å²) >= 11 is 6.30. The molecule has 8 nitrogen and oxygen atoms in total. The fourth-order valence-corrected chi connectivity index (χ4v) is 4.25. The molecule has 1 aromatic heterocycles. The Kier molecular flexibility index (Phi) is 7.67. The summed E-state index contributed by atoms with van der Waals surface area (Å²) in [4.78, 5) is 25.7. The van der Waals surface area contributed by atoms with Crippen molar-refractivity contribution in [3.8, 4) is 0 Å². The summed E-state index contributed by atoms with van der Waals surface area (Å²) in [6, 6.07) is 10.5. The van der Waals surface area contributed by atoms with Gasteiger partial charge in [-0.3, -0.25) is 9.69 Å². The molecule has 35 heavy (non-hydrogen) atoms. The molecule has 0 saturated carbocycles. The van der Waals surface area contributed by atoms with Crippen LogP contribution in [0.3, 0.4) is 0 Å². The number of hydrogen-bond donors (Lipinski definition) is 3. The second-order valence-electron chi connectivity index (χ2n) is 8.17. The molecule has 2 heterocycles. The third-order valence-electron chi connectivity index (χ3n) is 6.06. The SMILES string of the molecule is CCN1CCN(CC)c2cc(Nc3ncc(Cl)c(Nc4c(F)cccc4C(=O)NC)n3)ccc2C1. The van der Waals surface area contributed by atoms with Crippen molar-refractivity contribution in [3.05, 3.63) is 64.6 Å². The van der Waals surface area contributed by atoms with Crippen LogP contribution in [0.1, 0.15) is 29.8 Å². The van der Waals surface area contributed by atoms with Crippen LogP contribution >= 0.6 is 11.6 Å². The van der Waals surface area contributed by atoms with Crippen molar-refractivity contribution in [2.75, 3.05) is 48.8 Å². The van der Waals surface area contributed by atoms with E-state index in [2.05, 4.69) is 61.7 Å². The Balaban J connectivity index is 1.61. The lowest BCUT2D eigenvalue weighted by atomic mass is 10.1. The second kappa shape index (κ2) is 10.9. The summed E-state index contributed by atoms with van der Waals surface area (Å²) in [5.41, 5.74) is 3.42. The molecule has 0 atom stereocenters. The van der Waals surface area contributed by atoms with Crippen molar-refractivity contribution < 1.29 is 9.18 Å². The van der Waals surface area contributed by atoms with Crippen molar-refractivity contribution in [2.45, 2.75) is 20.4 Å². The Morgan fingerprint density at radius 1 is 1.14 bits per heavy atom. The Bertz CT molecular complexity index is 1220. The number of para-hydroxylation sites is 1. The van der Waals surface area contributed by atoms with E-state index in [4.69, 9.17) is 11.6 Å². The van der Waals surface area contributed by atoms with Crippen LogP contribution in [0, 0.1) is 5.82 Å². The van der Waals surface area contributed by atoms with Gasteiger partial charge in [-0.25, -0.2) is 9.37 Å². The van der Waals surface area contributed by atoms with E-state index in [0.29, 0.717) is 5.95 Å². The van der Waals surface area contributed by atoms with Gasteiger partial charge in [0.15, 0.2) is 5.82 Å². The fourth-order valence-electron chi connectivity index (χ4n) is 4.11. The fraction of sp³-hybridized carbons (Fsp3) is 0.320. The Labute approximate surface area is 209 Å². The number of rotatable bonds is 7. The quantitative estimate of drug-likeness (QED) is 0.433. The standard InChI is InChI=1S/C25H29ClFN7O/c1-4-33-11-12-34(5-2)21-13-17(10-9-16(21)15-33)30-25-29-14-19(26)23(32-25)31-22-18(24(35)28-3)7-6-8-20(22)27/h6-10,13-14H,4-5,11-12,15H2,1-3H3,(H,28,35)(H2,29,30,31,32). The van der Waals surface area contributed by atoms with Gasteiger partial charge in [0.1, 0.15) is 10.8 Å². The molecular formula is C25H29ClFN7O. The highest BCUT2D eigenvalue weighted by Gasteiger charge is 2.19. The molecule has 0 radical (unpaired) electrons. The lowest BCUT2D eigenvalue weighted by Gasteiger charge is -2.23. The molecule has 1 aliphatic heterocycles. The zero-order chi connectivity index (χ0) is 24.9. The highest BCUT2D eigenvalue weighted by atomic mass is 35.5. The van der Waals surface area contributed by atoms with Crippen LogP contribution in [0.2, 0.25) is 5.02 Å². The number of carbonyl (C=O) groups excluding carboxylic acids is 1. The second-order valence-corrected chi connectivity index (χ2v) is 8.58. The minimum absolute atomic E-state index is 0.0116. The van der Waals surface area contributed by atoms with Gasteiger partial charge >= 0.3 is 0 Å². The van der Waals surface area contributed by atoms with Gasteiger partial charge in [0.2, 0.25) is 5.95 Å². The first kappa shape index (κ1) is 24.7. The molecule has 0 saturated heterocycles. The highest BCUT2D eigenvalue weighted by Crippen LogP contribution is 2.31. The molecule has 0 bridgehead atoms. The molecule has 0 spiro atoms. The van der Waals surface area contributed by atoms with Crippen LogP contribution in [-0.2, 0) is 6.54 Å². The van der Waals surface area contributed by atoms with Gasteiger partial charge < -0.3 is 20.9 Å². The number of amides is 1. The molecule has 3 aromatic rings. The van der Waals surface area contributed by atoms with Gasteiger partial charge in [-0.05, 0) is 43.3 Å². The Morgan fingerprint density at radius 3 is 2.71 bits per heavy atom. The van der Waals surface area contributed by atoms with Crippen molar-refractivity contribution in [1.29, 1.82) is 0 Å². The smallest absolute Gasteiger partial charge is 0.253 e. The molecule has 0 unspecified atom stereocenters. The molecule has 10 heteroatoms.